The Kier molecular flexibility index (Phi) is 3.76. The fourth-order valence-electron chi connectivity index (χ4n) is 3.42. The number of likely N-dealkylation sites (N-methyl/N-ethyl adjacent to an activating group) is 1. The Morgan fingerprint density at radius 2 is 2.11 bits per heavy atom. The van der Waals surface area contributed by atoms with Crippen LogP contribution in [0.25, 0.3) is 0 Å². The highest BCUT2D eigenvalue weighted by molar-refractivity contribution is 5.53. The standard InChI is InChI=1S/C16H25N3/c1-13-11-18(2)7-8-19(13)12-14-9-15-5-3-4-6-16(15)17-10-14/h3-6,13-14,17H,7-12H2,1-2H3. The molecule has 0 spiro atoms. The summed E-state index contributed by atoms with van der Waals surface area (Å²) in [5.74, 6) is 0.751. The summed E-state index contributed by atoms with van der Waals surface area (Å²) in [7, 11) is 2.23. The summed E-state index contributed by atoms with van der Waals surface area (Å²) in [5.41, 5.74) is 2.82. The first-order chi connectivity index (χ1) is 9.22. The summed E-state index contributed by atoms with van der Waals surface area (Å²) in [6, 6.07) is 9.43. The molecule has 1 N–H and O–H groups in total. The Hall–Kier alpha value is -1.06. The summed E-state index contributed by atoms with van der Waals surface area (Å²) >= 11 is 0. The van der Waals surface area contributed by atoms with Crippen molar-refractivity contribution in [3.05, 3.63) is 29.8 Å². The van der Waals surface area contributed by atoms with Gasteiger partial charge in [-0.2, -0.15) is 0 Å². The quantitative estimate of drug-likeness (QED) is 0.875. The minimum absolute atomic E-state index is 0.691. The molecule has 19 heavy (non-hydrogen) atoms. The number of hydrogen-bond acceptors (Lipinski definition) is 3. The van der Waals surface area contributed by atoms with E-state index in [1.165, 1.54) is 43.9 Å². The Morgan fingerprint density at radius 3 is 2.95 bits per heavy atom. The molecule has 3 nitrogen and oxygen atoms in total. The van der Waals surface area contributed by atoms with Gasteiger partial charge in [0.15, 0.2) is 0 Å². The van der Waals surface area contributed by atoms with E-state index in [1.54, 1.807) is 0 Å². The number of benzene rings is 1. The minimum Gasteiger partial charge on any atom is -0.384 e. The fraction of sp³-hybridized carbons (Fsp3) is 0.625. The van der Waals surface area contributed by atoms with Crippen molar-refractivity contribution in [2.45, 2.75) is 19.4 Å². The van der Waals surface area contributed by atoms with E-state index < -0.39 is 0 Å². The molecule has 0 radical (unpaired) electrons. The molecule has 1 aromatic carbocycles. The van der Waals surface area contributed by atoms with E-state index in [2.05, 4.69) is 53.4 Å². The molecular formula is C16H25N3. The van der Waals surface area contributed by atoms with Gasteiger partial charge >= 0.3 is 0 Å². The van der Waals surface area contributed by atoms with Gasteiger partial charge < -0.3 is 10.2 Å². The van der Waals surface area contributed by atoms with Crippen LogP contribution in [0.2, 0.25) is 0 Å². The van der Waals surface area contributed by atoms with Gasteiger partial charge in [-0.3, -0.25) is 4.90 Å². The average molecular weight is 259 g/mol. The zero-order valence-corrected chi connectivity index (χ0v) is 12.1. The van der Waals surface area contributed by atoms with Crippen LogP contribution in [0, 0.1) is 5.92 Å². The third kappa shape index (κ3) is 2.93. The molecule has 0 aromatic heterocycles. The number of piperazine rings is 1. The Balaban J connectivity index is 1.60. The van der Waals surface area contributed by atoms with Crippen LogP contribution in [0.15, 0.2) is 24.3 Å². The monoisotopic (exact) mass is 259 g/mol. The van der Waals surface area contributed by atoms with Gasteiger partial charge in [0.1, 0.15) is 0 Å². The van der Waals surface area contributed by atoms with Gasteiger partial charge in [-0.15, -0.1) is 0 Å². The highest BCUT2D eigenvalue weighted by Gasteiger charge is 2.26. The molecule has 2 unspecified atom stereocenters. The molecule has 1 fully saturated rings. The number of para-hydroxylation sites is 1. The molecule has 1 aromatic rings. The van der Waals surface area contributed by atoms with Gasteiger partial charge in [-0.25, -0.2) is 0 Å². The van der Waals surface area contributed by atoms with Crippen LogP contribution in [0.3, 0.4) is 0 Å². The number of anilines is 1. The number of nitrogens with one attached hydrogen (secondary N) is 1. The molecule has 1 saturated heterocycles. The number of nitrogens with zero attached hydrogens (tertiary/aromatic N) is 2. The van der Waals surface area contributed by atoms with Crippen molar-refractivity contribution < 1.29 is 0 Å². The summed E-state index contributed by atoms with van der Waals surface area (Å²) in [5, 5.41) is 3.59. The lowest BCUT2D eigenvalue weighted by molar-refractivity contribution is 0.0860. The third-order valence-corrected chi connectivity index (χ3v) is 4.57. The van der Waals surface area contributed by atoms with Gasteiger partial charge in [-0.05, 0) is 37.9 Å². The van der Waals surface area contributed by atoms with Crippen molar-refractivity contribution in [3.8, 4) is 0 Å². The lowest BCUT2D eigenvalue weighted by Gasteiger charge is -2.40. The van der Waals surface area contributed by atoms with Crippen LogP contribution in [-0.4, -0.2) is 55.6 Å². The van der Waals surface area contributed by atoms with Crippen LogP contribution < -0.4 is 5.32 Å². The largest absolute Gasteiger partial charge is 0.384 e. The SMILES string of the molecule is CC1CN(C)CCN1CC1CNc2ccccc2C1. The fourth-order valence-corrected chi connectivity index (χ4v) is 3.42. The normalized spacial score (nSPS) is 28.7. The predicted molar refractivity (Wildman–Crippen MR) is 80.7 cm³/mol. The maximum absolute atomic E-state index is 3.59. The average Bonchev–Trinajstić information content (AvgIpc) is 2.42. The van der Waals surface area contributed by atoms with Crippen molar-refractivity contribution in [2.75, 3.05) is 45.1 Å². The molecule has 3 heteroatoms. The zero-order valence-electron chi connectivity index (χ0n) is 12.1. The van der Waals surface area contributed by atoms with E-state index in [9.17, 15) is 0 Å². The minimum atomic E-state index is 0.691. The molecule has 2 heterocycles. The Labute approximate surface area is 116 Å². The highest BCUT2D eigenvalue weighted by Crippen LogP contribution is 2.25. The smallest absolute Gasteiger partial charge is 0.0372 e. The summed E-state index contributed by atoms with van der Waals surface area (Å²) in [6.45, 7) is 8.35. The summed E-state index contributed by atoms with van der Waals surface area (Å²) in [6.07, 6.45) is 1.22. The molecular weight excluding hydrogens is 234 g/mol. The predicted octanol–water partition coefficient (Wildman–Crippen LogP) is 1.91. The van der Waals surface area contributed by atoms with E-state index in [-0.39, 0.29) is 0 Å². The van der Waals surface area contributed by atoms with E-state index in [4.69, 9.17) is 0 Å². The van der Waals surface area contributed by atoms with Crippen molar-refractivity contribution >= 4 is 5.69 Å². The molecule has 3 rings (SSSR count). The molecule has 2 aliphatic heterocycles. The molecule has 0 amide bonds. The van der Waals surface area contributed by atoms with Gasteiger partial charge in [-0.1, -0.05) is 18.2 Å². The molecule has 0 aliphatic carbocycles. The number of rotatable bonds is 2. The van der Waals surface area contributed by atoms with Crippen molar-refractivity contribution in [3.63, 3.8) is 0 Å². The maximum Gasteiger partial charge on any atom is 0.0372 e. The molecule has 2 aliphatic rings. The van der Waals surface area contributed by atoms with Crippen LogP contribution in [-0.2, 0) is 6.42 Å². The van der Waals surface area contributed by atoms with Crippen LogP contribution in [0.5, 0.6) is 0 Å². The van der Waals surface area contributed by atoms with Gasteiger partial charge in [0.2, 0.25) is 0 Å². The first kappa shape index (κ1) is 12.9. The Bertz CT molecular complexity index is 432. The molecule has 2 atom stereocenters. The van der Waals surface area contributed by atoms with Crippen LogP contribution in [0.1, 0.15) is 12.5 Å². The highest BCUT2D eigenvalue weighted by atomic mass is 15.3. The van der Waals surface area contributed by atoms with Gasteiger partial charge in [0, 0.05) is 44.5 Å². The second-order valence-corrected chi connectivity index (χ2v) is 6.21. The van der Waals surface area contributed by atoms with Crippen LogP contribution in [0.4, 0.5) is 5.69 Å². The van der Waals surface area contributed by atoms with Crippen molar-refractivity contribution in [1.82, 2.24) is 9.80 Å². The summed E-state index contributed by atoms with van der Waals surface area (Å²) in [4.78, 5) is 5.11. The zero-order chi connectivity index (χ0) is 13.2. The second kappa shape index (κ2) is 5.51. The van der Waals surface area contributed by atoms with Crippen molar-refractivity contribution in [1.29, 1.82) is 0 Å². The lowest BCUT2D eigenvalue weighted by atomic mass is 9.93. The van der Waals surface area contributed by atoms with Crippen molar-refractivity contribution in [2.24, 2.45) is 5.92 Å². The van der Waals surface area contributed by atoms with Gasteiger partial charge in [0.25, 0.3) is 0 Å². The molecule has 0 saturated carbocycles. The lowest BCUT2D eigenvalue weighted by Crippen LogP contribution is -2.52. The van der Waals surface area contributed by atoms with Crippen LogP contribution >= 0.6 is 0 Å². The number of hydrogen-bond donors (Lipinski definition) is 1. The molecule has 104 valence electrons. The van der Waals surface area contributed by atoms with E-state index in [0.29, 0.717) is 6.04 Å². The Morgan fingerprint density at radius 1 is 1.26 bits per heavy atom. The first-order valence-corrected chi connectivity index (χ1v) is 7.47. The summed E-state index contributed by atoms with van der Waals surface area (Å²) < 4.78 is 0. The topological polar surface area (TPSA) is 18.5 Å². The van der Waals surface area contributed by atoms with Gasteiger partial charge in [0.05, 0.1) is 0 Å². The maximum atomic E-state index is 3.59. The van der Waals surface area contributed by atoms with E-state index in [0.717, 1.165) is 12.5 Å². The van der Waals surface area contributed by atoms with E-state index in [1.807, 2.05) is 0 Å². The number of fused-ring (bicyclic) bond motifs is 1. The van der Waals surface area contributed by atoms with E-state index >= 15 is 0 Å². The second-order valence-electron chi connectivity index (χ2n) is 6.21. The first-order valence-electron chi connectivity index (χ1n) is 7.47. The third-order valence-electron chi connectivity index (χ3n) is 4.57. The molecule has 0 bridgehead atoms.